The highest BCUT2D eigenvalue weighted by Crippen LogP contribution is 2.28. The van der Waals surface area contributed by atoms with Crippen LogP contribution in [0.2, 0.25) is 5.02 Å². The maximum absolute atomic E-state index is 10.6. The van der Waals surface area contributed by atoms with Gasteiger partial charge in [-0.15, -0.1) is 0 Å². The Kier molecular flexibility index (Phi) is 4.48. The average Bonchev–Trinajstić information content (AvgIpc) is 2.94. The molecule has 2 aromatic carbocycles. The molecule has 0 saturated carbocycles. The number of hydrogen-bond donors (Lipinski definition) is 2. The maximum Gasteiger partial charge on any atom is 0.0912 e. The summed E-state index contributed by atoms with van der Waals surface area (Å²) in [6.07, 6.45) is 1.49. The van der Waals surface area contributed by atoms with E-state index in [1.807, 2.05) is 49.6 Å². The van der Waals surface area contributed by atoms with Crippen LogP contribution in [0, 0.1) is 0 Å². The van der Waals surface area contributed by atoms with Gasteiger partial charge >= 0.3 is 0 Å². The first-order chi connectivity index (χ1) is 10.7. The van der Waals surface area contributed by atoms with Gasteiger partial charge in [0.15, 0.2) is 0 Å². The summed E-state index contributed by atoms with van der Waals surface area (Å²) in [5.74, 6) is 0. The van der Waals surface area contributed by atoms with E-state index < -0.39 is 6.10 Å². The van der Waals surface area contributed by atoms with Crippen molar-refractivity contribution >= 4 is 22.5 Å². The number of nitrogens with one attached hydrogen (secondary N) is 1. The lowest BCUT2D eigenvalue weighted by molar-refractivity contribution is 0.132. The fourth-order valence-corrected chi connectivity index (χ4v) is 3.02. The van der Waals surface area contributed by atoms with Crippen LogP contribution < -0.4 is 5.32 Å². The van der Waals surface area contributed by atoms with Crippen LogP contribution in [0.3, 0.4) is 0 Å². The second kappa shape index (κ2) is 6.53. The number of aliphatic hydroxyl groups excluding tert-OH is 1. The van der Waals surface area contributed by atoms with Gasteiger partial charge in [0.1, 0.15) is 0 Å². The summed E-state index contributed by atoms with van der Waals surface area (Å²) in [6, 6.07) is 17.8. The van der Waals surface area contributed by atoms with Crippen molar-refractivity contribution in [2.75, 3.05) is 13.6 Å². The van der Waals surface area contributed by atoms with E-state index in [-0.39, 0.29) is 6.04 Å². The van der Waals surface area contributed by atoms with Gasteiger partial charge in [-0.3, -0.25) is 0 Å². The third-order valence-corrected chi connectivity index (χ3v) is 4.17. The molecule has 3 nitrogen and oxygen atoms in total. The van der Waals surface area contributed by atoms with Crippen LogP contribution in [0.25, 0.3) is 10.9 Å². The molecule has 1 aromatic heterocycles. The zero-order valence-electron chi connectivity index (χ0n) is 12.4. The first kappa shape index (κ1) is 15.1. The smallest absolute Gasteiger partial charge is 0.0912 e. The fraction of sp³-hybridized carbons (Fsp3) is 0.222. The third-order valence-electron chi connectivity index (χ3n) is 3.92. The minimum Gasteiger partial charge on any atom is -0.389 e. The largest absolute Gasteiger partial charge is 0.389 e. The van der Waals surface area contributed by atoms with Crippen LogP contribution in [0.4, 0.5) is 0 Å². The lowest BCUT2D eigenvalue weighted by Gasteiger charge is -2.26. The number of hydrogen-bond acceptors (Lipinski definition) is 2. The van der Waals surface area contributed by atoms with Crippen LogP contribution in [0.15, 0.2) is 60.8 Å². The molecule has 0 aliphatic carbocycles. The molecule has 4 heteroatoms. The molecular weight excluding hydrogens is 296 g/mol. The van der Waals surface area contributed by atoms with Gasteiger partial charge in [0.25, 0.3) is 0 Å². The molecule has 0 unspecified atom stereocenters. The van der Waals surface area contributed by atoms with E-state index in [4.69, 9.17) is 11.6 Å². The summed E-state index contributed by atoms with van der Waals surface area (Å²) in [7, 11) is 1.84. The summed E-state index contributed by atoms with van der Waals surface area (Å²) in [6.45, 7) is 0.514. The quantitative estimate of drug-likeness (QED) is 0.756. The van der Waals surface area contributed by atoms with Crippen molar-refractivity contribution < 1.29 is 5.11 Å². The number of rotatable bonds is 5. The van der Waals surface area contributed by atoms with Crippen LogP contribution in [-0.2, 0) is 0 Å². The maximum atomic E-state index is 10.6. The van der Waals surface area contributed by atoms with Crippen molar-refractivity contribution in [1.82, 2.24) is 9.88 Å². The number of aromatic nitrogens is 1. The number of benzene rings is 2. The van der Waals surface area contributed by atoms with E-state index >= 15 is 0 Å². The second-order valence-corrected chi connectivity index (χ2v) is 5.84. The normalized spacial score (nSPS) is 14.1. The number of likely N-dealkylation sites (N-methyl/N-ethyl adjacent to an activating group) is 1. The molecular formula is C18H19ClN2O. The predicted octanol–water partition coefficient (Wildman–Crippen LogP) is 3.46. The molecule has 2 atom stereocenters. The average molecular weight is 315 g/mol. The van der Waals surface area contributed by atoms with Crippen molar-refractivity contribution in [3.8, 4) is 0 Å². The Morgan fingerprint density at radius 2 is 1.82 bits per heavy atom. The second-order valence-electron chi connectivity index (χ2n) is 5.40. The predicted molar refractivity (Wildman–Crippen MR) is 91.5 cm³/mol. The molecule has 3 rings (SSSR count). The van der Waals surface area contributed by atoms with Gasteiger partial charge in [0.05, 0.1) is 12.1 Å². The Morgan fingerprint density at radius 3 is 2.55 bits per heavy atom. The zero-order valence-corrected chi connectivity index (χ0v) is 13.2. The third kappa shape index (κ3) is 2.88. The topological polar surface area (TPSA) is 37.2 Å². The first-order valence-electron chi connectivity index (χ1n) is 7.34. The van der Waals surface area contributed by atoms with Crippen molar-refractivity contribution in [1.29, 1.82) is 0 Å². The Balaban J connectivity index is 2.10. The van der Waals surface area contributed by atoms with Crippen molar-refractivity contribution in [3.63, 3.8) is 0 Å². The number of nitrogens with zero attached hydrogens (tertiary/aromatic N) is 1. The lowest BCUT2D eigenvalue weighted by Crippen LogP contribution is -2.33. The van der Waals surface area contributed by atoms with Gasteiger partial charge in [0.2, 0.25) is 0 Å². The Morgan fingerprint density at radius 1 is 1.09 bits per heavy atom. The van der Waals surface area contributed by atoms with E-state index in [2.05, 4.69) is 28.1 Å². The van der Waals surface area contributed by atoms with Crippen LogP contribution in [0.1, 0.15) is 11.6 Å². The van der Waals surface area contributed by atoms with Crippen LogP contribution in [-0.4, -0.2) is 29.4 Å². The summed E-state index contributed by atoms with van der Waals surface area (Å²) in [5.41, 5.74) is 2.14. The first-order valence-corrected chi connectivity index (χ1v) is 7.72. The summed E-state index contributed by atoms with van der Waals surface area (Å²) >= 11 is 6.00. The van der Waals surface area contributed by atoms with E-state index in [1.54, 1.807) is 0 Å². The summed E-state index contributed by atoms with van der Waals surface area (Å²) in [4.78, 5) is 0. The Hall–Kier alpha value is -1.81. The minimum atomic E-state index is -0.540. The van der Waals surface area contributed by atoms with Gasteiger partial charge in [-0.25, -0.2) is 0 Å². The van der Waals surface area contributed by atoms with E-state index in [9.17, 15) is 5.11 Å². The Labute approximate surface area is 135 Å². The highest BCUT2D eigenvalue weighted by Gasteiger charge is 2.23. The number of halogens is 1. The SMILES string of the molecule is CNC[C@@H](O)[C@H](c1ccc(Cl)cc1)n1ccc2ccccc21. The van der Waals surface area contributed by atoms with Gasteiger partial charge in [-0.05, 0) is 42.3 Å². The van der Waals surface area contributed by atoms with E-state index in [0.29, 0.717) is 11.6 Å². The molecule has 1 heterocycles. The molecule has 0 amide bonds. The van der Waals surface area contributed by atoms with Gasteiger partial charge in [-0.1, -0.05) is 41.9 Å². The molecule has 0 fully saturated rings. The number of para-hydroxylation sites is 1. The number of aliphatic hydroxyl groups is 1. The summed E-state index contributed by atoms with van der Waals surface area (Å²) in [5, 5.41) is 15.6. The molecule has 0 spiro atoms. The van der Waals surface area contributed by atoms with Gasteiger partial charge in [-0.2, -0.15) is 0 Å². The molecule has 3 aromatic rings. The highest BCUT2D eigenvalue weighted by atomic mass is 35.5. The van der Waals surface area contributed by atoms with Crippen LogP contribution >= 0.6 is 11.6 Å². The minimum absolute atomic E-state index is 0.162. The molecule has 2 N–H and O–H groups in total. The molecule has 0 bridgehead atoms. The molecule has 0 aliphatic heterocycles. The van der Waals surface area contributed by atoms with Crippen molar-refractivity contribution in [2.45, 2.75) is 12.1 Å². The highest BCUT2D eigenvalue weighted by molar-refractivity contribution is 6.30. The molecule has 22 heavy (non-hydrogen) atoms. The van der Waals surface area contributed by atoms with Crippen molar-refractivity contribution in [3.05, 3.63) is 71.4 Å². The molecule has 0 aliphatic rings. The summed E-state index contributed by atoms with van der Waals surface area (Å²) < 4.78 is 2.13. The monoisotopic (exact) mass is 314 g/mol. The van der Waals surface area contributed by atoms with Crippen LogP contribution in [0.5, 0.6) is 0 Å². The molecule has 114 valence electrons. The van der Waals surface area contributed by atoms with Gasteiger partial charge in [0, 0.05) is 23.3 Å². The number of fused-ring (bicyclic) bond motifs is 1. The Bertz CT molecular complexity index is 751. The van der Waals surface area contributed by atoms with Gasteiger partial charge < -0.3 is 15.0 Å². The van der Waals surface area contributed by atoms with E-state index in [1.165, 1.54) is 0 Å². The standard InChI is InChI=1S/C18H19ClN2O/c1-20-12-17(22)18(14-6-8-15(19)9-7-14)21-11-10-13-4-2-3-5-16(13)21/h2-11,17-18,20,22H,12H2,1H3/t17-,18+/m1/s1. The zero-order chi connectivity index (χ0) is 15.5. The van der Waals surface area contributed by atoms with Crippen molar-refractivity contribution in [2.24, 2.45) is 0 Å². The molecule has 0 radical (unpaired) electrons. The fourth-order valence-electron chi connectivity index (χ4n) is 2.90. The lowest BCUT2D eigenvalue weighted by atomic mass is 10.0. The molecule has 0 saturated heterocycles. The van der Waals surface area contributed by atoms with E-state index in [0.717, 1.165) is 16.5 Å².